The number of carbonyl (C=O) groups excluding carboxylic acids is 2. The van der Waals surface area contributed by atoms with E-state index in [9.17, 15) is 9.59 Å². The molecule has 0 fully saturated rings. The summed E-state index contributed by atoms with van der Waals surface area (Å²) in [4.78, 5) is 22.2. The van der Waals surface area contributed by atoms with E-state index >= 15 is 0 Å². The lowest BCUT2D eigenvalue weighted by Crippen LogP contribution is -2.16. The zero-order valence-electron chi connectivity index (χ0n) is 11.4. The van der Waals surface area contributed by atoms with Gasteiger partial charge in [0.2, 0.25) is 0 Å². The number of benzene rings is 1. The Labute approximate surface area is 107 Å². The number of rotatable bonds is 2. The number of hydrogen-bond acceptors (Lipinski definition) is 4. The predicted molar refractivity (Wildman–Crippen MR) is 67.8 cm³/mol. The van der Waals surface area contributed by atoms with E-state index < -0.39 is 11.9 Å². The van der Waals surface area contributed by atoms with Crippen LogP contribution in [0, 0.1) is 0 Å². The summed E-state index contributed by atoms with van der Waals surface area (Å²) in [5.74, 6) is -0.313. The zero-order chi connectivity index (χ0) is 13.9. The summed E-state index contributed by atoms with van der Waals surface area (Å²) in [6, 6.07) is 5.23. The second-order valence-electron chi connectivity index (χ2n) is 5.07. The molecule has 1 rings (SSSR count). The number of ether oxygens (including phenoxy) is 2. The summed E-state index contributed by atoms with van der Waals surface area (Å²) < 4.78 is 10.3. The number of carbonyl (C=O) groups is 2. The van der Waals surface area contributed by atoms with Gasteiger partial charge < -0.3 is 9.47 Å². The van der Waals surface area contributed by atoms with Crippen molar-refractivity contribution < 1.29 is 19.1 Å². The van der Waals surface area contributed by atoms with Crippen LogP contribution >= 0.6 is 0 Å². The molecule has 0 aliphatic rings. The molecule has 0 saturated carbocycles. The van der Waals surface area contributed by atoms with Crippen LogP contribution in [0.1, 0.15) is 40.2 Å². The Bertz CT molecular complexity index is 469. The predicted octanol–water partition coefficient (Wildman–Crippen LogP) is 2.83. The molecule has 4 heteroatoms. The fraction of sp³-hybridized carbons (Fsp3) is 0.429. The molecule has 0 atom stereocenters. The lowest BCUT2D eigenvalue weighted by atomic mass is 9.86. The Morgan fingerprint density at radius 1 is 1.00 bits per heavy atom. The van der Waals surface area contributed by atoms with Gasteiger partial charge in [-0.15, -0.1) is 0 Å². The molecule has 0 aliphatic carbocycles. The van der Waals surface area contributed by atoms with E-state index in [-0.39, 0.29) is 11.2 Å². The van der Waals surface area contributed by atoms with Gasteiger partial charge in [0.05, 0.1) is 0 Å². The van der Waals surface area contributed by atoms with Crippen molar-refractivity contribution in [3.63, 3.8) is 0 Å². The lowest BCUT2D eigenvalue weighted by Gasteiger charge is -2.23. The molecule has 0 heterocycles. The largest absolute Gasteiger partial charge is 0.423 e. The van der Waals surface area contributed by atoms with Gasteiger partial charge in [0, 0.05) is 19.4 Å². The maximum absolute atomic E-state index is 11.2. The SMILES string of the molecule is CC(=O)Oc1cccc(C(C)(C)C)c1OC(C)=O. The standard InChI is InChI=1S/C14H18O4/c1-9(15)17-12-8-6-7-11(14(3,4)5)13(12)18-10(2)16/h6-8H,1-5H3. The van der Waals surface area contributed by atoms with Crippen LogP contribution < -0.4 is 9.47 Å². The third kappa shape index (κ3) is 3.58. The average molecular weight is 250 g/mol. The van der Waals surface area contributed by atoms with Crippen molar-refractivity contribution in [3.05, 3.63) is 23.8 Å². The highest BCUT2D eigenvalue weighted by molar-refractivity contribution is 5.74. The highest BCUT2D eigenvalue weighted by atomic mass is 16.6. The van der Waals surface area contributed by atoms with Crippen molar-refractivity contribution in [2.45, 2.75) is 40.0 Å². The third-order valence-electron chi connectivity index (χ3n) is 2.29. The third-order valence-corrected chi connectivity index (χ3v) is 2.29. The molecule has 4 nitrogen and oxygen atoms in total. The highest BCUT2D eigenvalue weighted by Crippen LogP contribution is 2.38. The maximum Gasteiger partial charge on any atom is 0.308 e. The highest BCUT2D eigenvalue weighted by Gasteiger charge is 2.23. The monoisotopic (exact) mass is 250 g/mol. The Balaban J connectivity index is 3.34. The van der Waals surface area contributed by atoms with Crippen molar-refractivity contribution >= 4 is 11.9 Å². The fourth-order valence-corrected chi connectivity index (χ4v) is 1.59. The summed E-state index contributed by atoms with van der Waals surface area (Å²) in [5.41, 5.74) is 0.595. The quantitative estimate of drug-likeness (QED) is 0.598. The van der Waals surface area contributed by atoms with Gasteiger partial charge in [-0.05, 0) is 11.5 Å². The van der Waals surface area contributed by atoms with E-state index in [1.807, 2.05) is 26.8 Å². The molecule has 0 unspecified atom stereocenters. The number of esters is 2. The normalized spacial score (nSPS) is 10.9. The summed E-state index contributed by atoms with van der Waals surface area (Å²) >= 11 is 0. The minimum atomic E-state index is -0.450. The molecule has 0 saturated heterocycles. The van der Waals surface area contributed by atoms with Crippen molar-refractivity contribution in [1.82, 2.24) is 0 Å². The Hall–Kier alpha value is -1.84. The minimum Gasteiger partial charge on any atom is -0.423 e. The van der Waals surface area contributed by atoms with Crippen LogP contribution in [0.25, 0.3) is 0 Å². The minimum absolute atomic E-state index is 0.221. The van der Waals surface area contributed by atoms with Crippen molar-refractivity contribution in [2.75, 3.05) is 0 Å². The first-order valence-electron chi connectivity index (χ1n) is 5.72. The van der Waals surface area contributed by atoms with Crippen LogP contribution in [0.5, 0.6) is 11.5 Å². The average Bonchev–Trinajstić information content (AvgIpc) is 2.17. The smallest absolute Gasteiger partial charge is 0.308 e. The fourth-order valence-electron chi connectivity index (χ4n) is 1.59. The van der Waals surface area contributed by atoms with Gasteiger partial charge >= 0.3 is 11.9 Å². The summed E-state index contributed by atoms with van der Waals surface area (Å²) in [6.07, 6.45) is 0. The lowest BCUT2D eigenvalue weighted by molar-refractivity contribution is -0.134. The van der Waals surface area contributed by atoms with Crippen molar-refractivity contribution in [3.8, 4) is 11.5 Å². The summed E-state index contributed by atoms with van der Waals surface area (Å²) in [6.45, 7) is 8.60. The Morgan fingerprint density at radius 3 is 2.00 bits per heavy atom. The first kappa shape index (κ1) is 14.2. The van der Waals surface area contributed by atoms with E-state index in [1.54, 1.807) is 12.1 Å². The van der Waals surface area contributed by atoms with Crippen LogP contribution in [0.4, 0.5) is 0 Å². The zero-order valence-corrected chi connectivity index (χ0v) is 11.4. The molecule has 98 valence electrons. The topological polar surface area (TPSA) is 52.6 Å². The van der Waals surface area contributed by atoms with Crippen LogP contribution in [0.2, 0.25) is 0 Å². The van der Waals surface area contributed by atoms with Crippen molar-refractivity contribution in [2.24, 2.45) is 0 Å². The first-order valence-corrected chi connectivity index (χ1v) is 5.72. The molecular formula is C14H18O4. The molecule has 1 aromatic carbocycles. The maximum atomic E-state index is 11.2. The molecule has 0 N–H and O–H groups in total. The van der Waals surface area contributed by atoms with Gasteiger partial charge in [0.15, 0.2) is 11.5 Å². The Kier molecular flexibility index (Phi) is 4.11. The molecule has 0 bridgehead atoms. The van der Waals surface area contributed by atoms with Crippen LogP contribution in [0.3, 0.4) is 0 Å². The van der Waals surface area contributed by atoms with Crippen LogP contribution in [0.15, 0.2) is 18.2 Å². The molecular weight excluding hydrogens is 232 g/mol. The van der Waals surface area contributed by atoms with Gasteiger partial charge in [0.25, 0.3) is 0 Å². The van der Waals surface area contributed by atoms with Crippen molar-refractivity contribution in [1.29, 1.82) is 0 Å². The van der Waals surface area contributed by atoms with Gasteiger partial charge in [-0.1, -0.05) is 32.9 Å². The molecule has 0 aromatic heterocycles. The molecule has 0 amide bonds. The van der Waals surface area contributed by atoms with Gasteiger partial charge in [-0.25, -0.2) is 0 Å². The molecule has 0 spiro atoms. The van der Waals surface area contributed by atoms with E-state index in [4.69, 9.17) is 9.47 Å². The second kappa shape index (κ2) is 5.21. The summed E-state index contributed by atoms with van der Waals surface area (Å²) in [7, 11) is 0. The van der Waals surface area contributed by atoms with E-state index in [0.29, 0.717) is 5.75 Å². The molecule has 1 aromatic rings. The van der Waals surface area contributed by atoms with E-state index in [1.165, 1.54) is 13.8 Å². The first-order chi connectivity index (χ1) is 8.21. The number of hydrogen-bond donors (Lipinski definition) is 0. The van der Waals surface area contributed by atoms with Gasteiger partial charge in [-0.3, -0.25) is 9.59 Å². The van der Waals surface area contributed by atoms with Crippen LogP contribution in [-0.2, 0) is 15.0 Å². The van der Waals surface area contributed by atoms with Gasteiger partial charge in [0.1, 0.15) is 0 Å². The second-order valence-corrected chi connectivity index (χ2v) is 5.07. The summed E-state index contributed by atoms with van der Waals surface area (Å²) in [5, 5.41) is 0. The molecule has 18 heavy (non-hydrogen) atoms. The Morgan fingerprint density at radius 2 is 1.56 bits per heavy atom. The number of para-hydroxylation sites is 1. The van der Waals surface area contributed by atoms with Crippen LogP contribution in [-0.4, -0.2) is 11.9 Å². The van der Waals surface area contributed by atoms with E-state index in [2.05, 4.69) is 0 Å². The molecule has 0 radical (unpaired) electrons. The van der Waals surface area contributed by atoms with Gasteiger partial charge in [-0.2, -0.15) is 0 Å². The molecule has 0 aliphatic heterocycles. The van der Waals surface area contributed by atoms with E-state index in [0.717, 1.165) is 5.56 Å².